The summed E-state index contributed by atoms with van der Waals surface area (Å²) in [5.41, 5.74) is 2.89. The van der Waals surface area contributed by atoms with Crippen LogP contribution in [0.5, 0.6) is 0 Å². The van der Waals surface area contributed by atoms with E-state index in [2.05, 4.69) is 15.2 Å². The van der Waals surface area contributed by atoms with E-state index in [-0.39, 0.29) is 30.2 Å². The van der Waals surface area contributed by atoms with Crippen LogP contribution in [0.3, 0.4) is 0 Å². The molecule has 0 bridgehead atoms. The average molecular weight is 418 g/mol. The Morgan fingerprint density at radius 2 is 1.84 bits per heavy atom. The predicted molar refractivity (Wildman–Crippen MR) is 114 cm³/mol. The number of benzene rings is 2. The van der Waals surface area contributed by atoms with Gasteiger partial charge < -0.3 is 9.73 Å². The van der Waals surface area contributed by atoms with Crippen molar-refractivity contribution in [2.75, 3.05) is 32.0 Å². The SMILES string of the molecule is CN1C(=O)c2ccc(NC(=O)CN3CCC(c4nc5ccccc5o4)CC3)cc2C1=O. The molecule has 2 aromatic carbocycles. The van der Waals surface area contributed by atoms with Crippen LogP contribution in [0, 0.1) is 0 Å². The molecular weight excluding hydrogens is 396 g/mol. The number of likely N-dealkylation sites (tertiary alicyclic amines) is 1. The lowest BCUT2D eigenvalue weighted by Crippen LogP contribution is -2.38. The third-order valence-electron chi connectivity index (χ3n) is 5.99. The van der Waals surface area contributed by atoms with E-state index >= 15 is 0 Å². The van der Waals surface area contributed by atoms with Gasteiger partial charge in [0.25, 0.3) is 11.8 Å². The summed E-state index contributed by atoms with van der Waals surface area (Å²) in [5.74, 6) is 0.207. The molecule has 8 nitrogen and oxygen atoms in total. The summed E-state index contributed by atoms with van der Waals surface area (Å²) >= 11 is 0. The van der Waals surface area contributed by atoms with Gasteiger partial charge in [0, 0.05) is 18.7 Å². The molecule has 3 amide bonds. The zero-order chi connectivity index (χ0) is 21.5. The van der Waals surface area contributed by atoms with Crippen molar-refractivity contribution in [2.24, 2.45) is 0 Å². The lowest BCUT2D eigenvalue weighted by molar-refractivity contribution is -0.117. The van der Waals surface area contributed by atoms with Crippen molar-refractivity contribution in [3.8, 4) is 0 Å². The van der Waals surface area contributed by atoms with Crippen molar-refractivity contribution in [2.45, 2.75) is 18.8 Å². The number of imide groups is 1. The fourth-order valence-electron chi connectivity index (χ4n) is 4.25. The number of aromatic nitrogens is 1. The van der Waals surface area contributed by atoms with Crippen LogP contribution >= 0.6 is 0 Å². The first-order valence-corrected chi connectivity index (χ1v) is 10.3. The summed E-state index contributed by atoms with van der Waals surface area (Å²) in [7, 11) is 1.45. The lowest BCUT2D eigenvalue weighted by atomic mass is 9.97. The van der Waals surface area contributed by atoms with Crippen LogP contribution in [-0.2, 0) is 4.79 Å². The highest BCUT2D eigenvalue weighted by atomic mass is 16.3. The molecule has 2 aliphatic heterocycles. The number of nitrogens with one attached hydrogen (secondary N) is 1. The Morgan fingerprint density at radius 1 is 1.10 bits per heavy atom. The van der Waals surface area contributed by atoms with Crippen molar-refractivity contribution in [1.29, 1.82) is 0 Å². The molecule has 0 saturated carbocycles. The molecule has 5 rings (SSSR count). The Balaban J connectivity index is 1.17. The number of para-hydroxylation sites is 2. The van der Waals surface area contributed by atoms with Gasteiger partial charge in [0.1, 0.15) is 5.52 Å². The lowest BCUT2D eigenvalue weighted by Gasteiger charge is -2.29. The number of anilines is 1. The second kappa shape index (κ2) is 7.63. The van der Waals surface area contributed by atoms with E-state index in [1.165, 1.54) is 7.05 Å². The molecule has 1 aromatic heterocycles. The molecule has 0 spiro atoms. The highest BCUT2D eigenvalue weighted by molar-refractivity contribution is 6.21. The van der Waals surface area contributed by atoms with Gasteiger partial charge in [-0.1, -0.05) is 12.1 Å². The summed E-state index contributed by atoms with van der Waals surface area (Å²) in [6.07, 6.45) is 1.75. The molecule has 0 aliphatic carbocycles. The third kappa shape index (κ3) is 3.59. The van der Waals surface area contributed by atoms with E-state index in [0.29, 0.717) is 16.8 Å². The van der Waals surface area contributed by atoms with Gasteiger partial charge in [-0.3, -0.25) is 24.2 Å². The van der Waals surface area contributed by atoms with Crippen LogP contribution in [0.25, 0.3) is 11.1 Å². The maximum atomic E-state index is 12.5. The Bertz CT molecular complexity index is 1160. The van der Waals surface area contributed by atoms with E-state index in [1.807, 2.05) is 24.3 Å². The highest BCUT2D eigenvalue weighted by Gasteiger charge is 2.33. The average Bonchev–Trinajstić information content (AvgIpc) is 3.30. The number of hydrogen-bond donors (Lipinski definition) is 1. The van der Waals surface area contributed by atoms with E-state index in [1.54, 1.807) is 18.2 Å². The number of rotatable bonds is 4. The minimum absolute atomic E-state index is 0.148. The van der Waals surface area contributed by atoms with Crippen molar-refractivity contribution < 1.29 is 18.8 Å². The van der Waals surface area contributed by atoms with Crippen LogP contribution in [0.4, 0.5) is 5.69 Å². The smallest absolute Gasteiger partial charge is 0.261 e. The number of oxazole rings is 1. The fraction of sp³-hybridized carbons (Fsp3) is 0.304. The minimum atomic E-state index is -0.350. The van der Waals surface area contributed by atoms with Gasteiger partial charge in [0.05, 0.1) is 17.7 Å². The number of carbonyl (C=O) groups is 3. The second-order valence-electron chi connectivity index (χ2n) is 8.05. The predicted octanol–water partition coefficient (Wildman–Crippen LogP) is 2.87. The maximum Gasteiger partial charge on any atom is 0.261 e. The summed E-state index contributed by atoms with van der Waals surface area (Å²) in [6.45, 7) is 1.82. The molecule has 1 saturated heterocycles. The van der Waals surface area contributed by atoms with Gasteiger partial charge in [-0.25, -0.2) is 4.98 Å². The molecule has 31 heavy (non-hydrogen) atoms. The molecule has 0 atom stereocenters. The first kappa shape index (κ1) is 19.4. The number of nitrogens with zero attached hydrogens (tertiary/aromatic N) is 3. The van der Waals surface area contributed by atoms with Gasteiger partial charge in [-0.15, -0.1) is 0 Å². The van der Waals surface area contributed by atoms with Crippen LogP contribution in [0.15, 0.2) is 46.9 Å². The Hall–Kier alpha value is -3.52. The van der Waals surface area contributed by atoms with Crippen molar-refractivity contribution in [3.63, 3.8) is 0 Å². The molecule has 3 aromatic rings. The van der Waals surface area contributed by atoms with Gasteiger partial charge in [-0.2, -0.15) is 0 Å². The first-order chi connectivity index (χ1) is 15.0. The summed E-state index contributed by atoms with van der Waals surface area (Å²) in [5, 5.41) is 2.84. The van der Waals surface area contributed by atoms with Gasteiger partial charge in [0.2, 0.25) is 5.91 Å². The number of fused-ring (bicyclic) bond motifs is 2. The Morgan fingerprint density at radius 3 is 2.61 bits per heavy atom. The van der Waals surface area contributed by atoms with E-state index in [9.17, 15) is 14.4 Å². The van der Waals surface area contributed by atoms with Gasteiger partial charge in [-0.05, 0) is 56.3 Å². The normalized spacial score (nSPS) is 17.4. The molecule has 0 radical (unpaired) electrons. The molecular formula is C23H22N4O4. The molecule has 1 fully saturated rings. The van der Waals surface area contributed by atoms with Crippen molar-refractivity contribution in [3.05, 3.63) is 59.5 Å². The summed E-state index contributed by atoms with van der Waals surface area (Å²) < 4.78 is 5.90. The minimum Gasteiger partial charge on any atom is -0.440 e. The quantitative estimate of drug-likeness (QED) is 0.655. The summed E-state index contributed by atoms with van der Waals surface area (Å²) in [4.78, 5) is 44.4. The summed E-state index contributed by atoms with van der Waals surface area (Å²) in [6, 6.07) is 12.6. The number of carbonyl (C=O) groups excluding carboxylic acids is 3. The molecule has 3 heterocycles. The third-order valence-corrected chi connectivity index (χ3v) is 5.99. The zero-order valence-corrected chi connectivity index (χ0v) is 17.1. The topological polar surface area (TPSA) is 95.8 Å². The Labute approximate surface area is 178 Å². The molecule has 158 valence electrons. The highest BCUT2D eigenvalue weighted by Crippen LogP contribution is 2.30. The molecule has 1 N–H and O–H groups in total. The van der Waals surface area contributed by atoms with E-state index < -0.39 is 0 Å². The van der Waals surface area contributed by atoms with E-state index in [0.717, 1.165) is 47.8 Å². The monoisotopic (exact) mass is 418 g/mol. The number of piperidine rings is 1. The Kier molecular flexibility index (Phi) is 4.78. The van der Waals surface area contributed by atoms with Crippen LogP contribution in [0.1, 0.15) is 45.4 Å². The molecule has 2 aliphatic rings. The van der Waals surface area contributed by atoms with Gasteiger partial charge >= 0.3 is 0 Å². The molecule has 0 unspecified atom stereocenters. The largest absolute Gasteiger partial charge is 0.440 e. The van der Waals surface area contributed by atoms with Crippen molar-refractivity contribution >= 4 is 34.5 Å². The molecule has 8 heteroatoms. The maximum absolute atomic E-state index is 12.5. The standard InChI is InChI=1S/C23H22N4O4/c1-26-22(29)16-7-6-15(12-17(16)23(26)30)24-20(28)13-27-10-8-14(9-11-27)21-25-18-4-2-3-5-19(18)31-21/h2-7,12,14H,8-11,13H2,1H3,(H,24,28). The fourth-order valence-corrected chi connectivity index (χ4v) is 4.25. The zero-order valence-electron chi connectivity index (χ0n) is 17.1. The van der Waals surface area contributed by atoms with Crippen LogP contribution in [-0.4, -0.2) is 59.2 Å². The van der Waals surface area contributed by atoms with Crippen LogP contribution < -0.4 is 5.32 Å². The number of hydrogen-bond acceptors (Lipinski definition) is 6. The van der Waals surface area contributed by atoms with E-state index in [4.69, 9.17) is 4.42 Å². The van der Waals surface area contributed by atoms with Gasteiger partial charge in [0.15, 0.2) is 11.5 Å². The first-order valence-electron chi connectivity index (χ1n) is 10.3. The van der Waals surface area contributed by atoms with Crippen molar-refractivity contribution in [1.82, 2.24) is 14.8 Å². The van der Waals surface area contributed by atoms with Crippen LogP contribution in [0.2, 0.25) is 0 Å². The number of amides is 3. The second-order valence-corrected chi connectivity index (χ2v) is 8.05.